The number of aromatic hydroxyl groups is 1. The average Bonchev–Trinajstić information content (AvgIpc) is 2.78. The van der Waals surface area contributed by atoms with Crippen molar-refractivity contribution in [1.29, 1.82) is 5.26 Å². The van der Waals surface area contributed by atoms with E-state index in [0.717, 1.165) is 42.6 Å². The summed E-state index contributed by atoms with van der Waals surface area (Å²) in [6, 6.07) is 12.4. The first-order valence-corrected chi connectivity index (χ1v) is 11.0. The average molecular weight is 446 g/mol. The first-order valence-electron chi connectivity index (χ1n) is 10.6. The third-order valence-electron chi connectivity index (χ3n) is 4.80. The number of allylic oxidation sites excluding steroid dienone is 4. The Morgan fingerprint density at radius 3 is 2.62 bits per heavy atom. The van der Waals surface area contributed by atoms with Crippen LogP contribution in [0.4, 0.5) is 0 Å². The second-order valence-corrected chi connectivity index (χ2v) is 7.75. The third-order valence-corrected chi connectivity index (χ3v) is 5.11. The zero-order valence-corrected chi connectivity index (χ0v) is 19.4. The van der Waals surface area contributed by atoms with Crippen LogP contribution in [-0.2, 0) is 11.2 Å². The summed E-state index contributed by atoms with van der Waals surface area (Å²) in [7, 11) is 0. The fourth-order valence-electron chi connectivity index (χ4n) is 3.14. The van der Waals surface area contributed by atoms with Crippen LogP contribution >= 0.6 is 11.6 Å². The lowest BCUT2D eigenvalue weighted by Gasteiger charge is -2.11. The number of ether oxygens (including phenoxy) is 1. The molecule has 0 heterocycles. The van der Waals surface area contributed by atoms with E-state index in [4.69, 9.17) is 16.3 Å². The lowest BCUT2D eigenvalue weighted by atomic mass is 10.00. The molecule has 0 atom stereocenters. The standard InChI is InChI=1S/C28H28ClNO2/c1-4-6-10-28(21(3)8-5-2)32-17-7-9-25-18-22(20-30)11-12-23(25)13-14-24-15-16-26(31)19-27(24)29/h4,6,10-12,15-16,18-19,31H,1,5,7-9,17H2,2-3H3/b10-6-,28-21+. The van der Waals surface area contributed by atoms with Gasteiger partial charge < -0.3 is 9.84 Å². The number of benzene rings is 2. The van der Waals surface area contributed by atoms with Crippen molar-refractivity contribution < 1.29 is 9.84 Å². The van der Waals surface area contributed by atoms with Crippen molar-refractivity contribution in [2.75, 3.05) is 6.61 Å². The molecule has 0 unspecified atom stereocenters. The molecule has 0 aliphatic carbocycles. The van der Waals surface area contributed by atoms with E-state index in [1.54, 1.807) is 24.3 Å². The van der Waals surface area contributed by atoms with Crippen molar-refractivity contribution in [2.45, 2.75) is 39.5 Å². The third kappa shape index (κ3) is 7.69. The lowest BCUT2D eigenvalue weighted by molar-refractivity contribution is 0.216. The van der Waals surface area contributed by atoms with Crippen LogP contribution in [0, 0.1) is 23.2 Å². The highest BCUT2D eigenvalue weighted by molar-refractivity contribution is 6.31. The van der Waals surface area contributed by atoms with E-state index in [1.807, 2.05) is 24.3 Å². The number of hydrogen-bond acceptors (Lipinski definition) is 3. The highest BCUT2D eigenvalue weighted by Gasteiger charge is 2.05. The first-order chi connectivity index (χ1) is 15.5. The number of hydrogen-bond donors (Lipinski definition) is 1. The summed E-state index contributed by atoms with van der Waals surface area (Å²) < 4.78 is 6.04. The summed E-state index contributed by atoms with van der Waals surface area (Å²) in [5, 5.41) is 19.2. The molecule has 0 radical (unpaired) electrons. The predicted octanol–water partition coefficient (Wildman–Crippen LogP) is 7.08. The second kappa shape index (κ2) is 13.1. The zero-order valence-electron chi connectivity index (χ0n) is 18.6. The maximum atomic E-state index is 9.51. The molecule has 0 bridgehead atoms. The Kier molecular flexibility index (Phi) is 10.2. The van der Waals surface area contributed by atoms with Gasteiger partial charge >= 0.3 is 0 Å². The Hall–Kier alpha value is -3.40. The van der Waals surface area contributed by atoms with E-state index < -0.39 is 0 Å². The van der Waals surface area contributed by atoms with Crippen molar-refractivity contribution in [3.05, 3.63) is 99.8 Å². The van der Waals surface area contributed by atoms with Gasteiger partial charge in [-0.25, -0.2) is 0 Å². The van der Waals surface area contributed by atoms with E-state index in [2.05, 4.69) is 38.3 Å². The van der Waals surface area contributed by atoms with Crippen LogP contribution in [0.15, 0.2) is 72.5 Å². The molecular formula is C28H28ClNO2. The quantitative estimate of drug-likeness (QED) is 0.194. The SMILES string of the molecule is C=C/C=C\C(OCCCc1cc(C#N)ccc1C#Cc1ccc(O)cc1Cl)=C(\C)CCC. The molecule has 2 rings (SSSR count). The molecule has 0 spiro atoms. The van der Waals surface area contributed by atoms with Crippen LogP contribution < -0.4 is 0 Å². The molecule has 0 saturated heterocycles. The molecule has 1 N–H and O–H groups in total. The van der Waals surface area contributed by atoms with Crippen molar-refractivity contribution in [3.63, 3.8) is 0 Å². The second-order valence-electron chi connectivity index (χ2n) is 7.34. The molecule has 3 nitrogen and oxygen atoms in total. The van der Waals surface area contributed by atoms with E-state index >= 15 is 0 Å². The van der Waals surface area contributed by atoms with Crippen LogP contribution in [0.1, 0.15) is 55.4 Å². The molecule has 0 saturated carbocycles. The number of nitrogens with zero attached hydrogens (tertiary/aromatic N) is 1. The van der Waals surface area contributed by atoms with Gasteiger partial charge in [0.25, 0.3) is 0 Å². The normalized spacial score (nSPS) is 11.3. The minimum Gasteiger partial charge on any atom is -0.508 e. The number of halogens is 1. The fraction of sp³-hybridized carbons (Fsp3) is 0.250. The van der Waals surface area contributed by atoms with Crippen molar-refractivity contribution in [3.8, 4) is 23.7 Å². The molecule has 0 amide bonds. The minimum absolute atomic E-state index is 0.102. The van der Waals surface area contributed by atoms with Gasteiger partial charge in [0.05, 0.1) is 23.3 Å². The number of phenols is 1. The largest absolute Gasteiger partial charge is 0.508 e. The molecule has 32 heavy (non-hydrogen) atoms. The van der Waals surface area contributed by atoms with E-state index in [1.165, 1.54) is 11.6 Å². The highest BCUT2D eigenvalue weighted by Crippen LogP contribution is 2.21. The number of nitriles is 1. The van der Waals surface area contributed by atoms with E-state index in [0.29, 0.717) is 22.8 Å². The monoisotopic (exact) mass is 445 g/mol. The Balaban J connectivity index is 2.15. The molecule has 164 valence electrons. The van der Waals surface area contributed by atoms with Gasteiger partial charge in [0.1, 0.15) is 11.5 Å². The van der Waals surface area contributed by atoms with Crippen LogP contribution in [0.25, 0.3) is 0 Å². The minimum atomic E-state index is 0.102. The molecular weight excluding hydrogens is 418 g/mol. The summed E-state index contributed by atoms with van der Waals surface area (Å²) in [5.74, 6) is 7.21. The van der Waals surface area contributed by atoms with Gasteiger partial charge in [0.2, 0.25) is 0 Å². The van der Waals surface area contributed by atoms with Gasteiger partial charge in [0, 0.05) is 11.1 Å². The lowest BCUT2D eigenvalue weighted by Crippen LogP contribution is -2.00. The van der Waals surface area contributed by atoms with Crippen molar-refractivity contribution in [2.24, 2.45) is 0 Å². The Morgan fingerprint density at radius 2 is 1.94 bits per heavy atom. The highest BCUT2D eigenvalue weighted by atomic mass is 35.5. The number of rotatable bonds is 9. The first kappa shape index (κ1) is 24.9. The summed E-state index contributed by atoms with van der Waals surface area (Å²) in [5.41, 5.74) is 4.29. The van der Waals surface area contributed by atoms with Crippen LogP contribution in [0.3, 0.4) is 0 Å². The smallest absolute Gasteiger partial charge is 0.118 e. The maximum absolute atomic E-state index is 9.51. The molecule has 0 aliphatic heterocycles. The van der Waals surface area contributed by atoms with Crippen LogP contribution in [0.2, 0.25) is 5.02 Å². The Bertz CT molecular complexity index is 1110. The topological polar surface area (TPSA) is 53.2 Å². The van der Waals surface area contributed by atoms with Gasteiger partial charge in [-0.3, -0.25) is 0 Å². The summed E-state index contributed by atoms with van der Waals surface area (Å²) in [6.45, 7) is 8.52. The molecule has 0 aliphatic rings. The predicted molar refractivity (Wildman–Crippen MR) is 131 cm³/mol. The maximum Gasteiger partial charge on any atom is 0.118 e. The molecule has 0 aromatic heterocycles. The summed E-state index contributed by atoms with van der Waals surface area (Å²) in [6.07, 6.45) is 9.14. The van der Waals surface area contributed by atoms with Gasteiger partial charge in [0.15, 0.2) is 0 Å². The fourth-order valence-corrected chi connectivity index (χ4v) is 3.37. The summed E-state index contributed by atoms with van der Waals surface area (Å²) in [4.78, 5) is 0. The summed E-state index contributed by atoms with van der Waals surface area (Å²) >= 11 is 6.16. The molecule has 2 aromatic carbocycles. The number of phenolic OH excluding ortho intramolecular Hbond substituents is 1. The van der Waals surface area contributed by atoms with E-state index in [-0.39, 0.29) is 5.75 Å². The van der Waals surface area contributed by atoms with Crippen molar-refractivity contribution >= 4 is 11.6 Å². The van der Waals surface area contributed by atoms with E-state index in [9.17, 15) is 10.4 Å². The van der Waals surface area contributed by atoms with Gasteiger partial charge in [-0.1, -0.05) is 55.5 Å². The van der Waals surface area contributed by atoms with Gasteiger partial charge in [-0.2, -0.15) is 5.26 Å². The van der Waals surface area contributed by atoms with Crippen molar-refractivity contribution in [1.82, 2.24) is 0 Å². The van der Waals surface area contributed by atoms with Gasteiger partial charge in [-0.15, -0.1) is 0 Å². The molecule has 4 heteroatoms. The Labute approximate surface area is 196 Å². The Morgan fingerprint density at radius 1 is 1.19 bits per heavy atom. The van der Waals surface area contributed by atoms with Crippen LogP contribution in [0.5, 0.6) is 5.75 Å². The molecule has 0 fully saturated rings. The van der Waals surface area contributed by atoms with Gasteiger partial charge in [-0.05, 0) is 79.8 Å². The number of aryl methyl sites for hydroxylation is 1. The molecule has 2 aromatic rings. The zero-order chi connectivity index (χ0) is 23.3. The van der Waals surface area contributed by atoms with Crippen LogP contribution in [-0.4, -0.2) is 11.7 Å².